The van der Waals surface area contributed by atoms with Gasteiger partial charge in [-0.2, -0.15) is 0 Å². The van der Waals surface area contributed by atoms with Crippen LogP contribution in [0.25, 0.3) is 0 Å². The van der Waals surface area contributed by atoms with Gasteiger partial charge in [-0.1, -0.05) is 0 Å². The molecule has 0 bridgehead atoms. The second kappa shape index (κ2) is 5.60. The van der Waals surface area contributed by atoms with Gasteiger partial charge in [-0.25, -0.2) is 4.98 Å². The Labute approximate surface area is 109 Å². The highest BCUT2D eigenvalue weighted by Crippen LogP contribution is 2.18. The molecule has 1 fully saturated rings. The van der Waals surface area contributed by atoms with Crippen LogP contribution in [0.1, 0.15) is 24.8 Å². The van der Waals surface area contributed by atoms with Gasteiger partial charge in [0.25, 0.3) is 5.91 Å². The Kier molecular flexibility index (Phi) is 4.12. The SMILES string of the molecule is Cc1cc(NC(=O)C2CCCCO2)cnc1Br. The van der Waals surface area contributed by atoms with E-state index < -0.39 is 0 Å². The van der Waals surface area contributed by atoms with Crippen LogP contribution >= 0.6 is 15.9 Å². The van der Waals surface area contributed by atoms with Gasteiger partial charge in [0.2, 0.25) is 0 Å². The second-order valence-corrected chi connectivity index (χ2v) is 4.93. The number of carbonyl (C=O) groups is 1. The molecular formula is C12H15BrN2O2. The van der Waals surface area contributed by atoms with Gasteiger partial charge in [0, 0.05) is 6.61 Å². The molecule has 2 rings (SSSR count). The van der Waals surface area contributed by atoms with Gasteiger partial charge >= 0.3 is 0 Å². The third-order valence-corrected chi connectivity index (χ3v) is 3.58. The van der Waals surface area contributed by atoms with Crippen LogP contribution in [0.3, 0.4) is 0 Å². The van der Waals surface area contributed by atoms with E-state index in [1.807, 2.05) is 13.0 Å². The Morgan fingerprint density at radius 1 is 1.59 bits per heavy atom. The summed E-state index contributed by atoms with van der Waals surface area (Å²) in [6.45, 7) is 2.61. The van der Waals surface area contributed by atoms with Crippen molar-refractivity contribution in [2.75, 3.05) is 11.9 Å². The Hall–Kier alpha value is -0.940. The van der Waals surface area contributed by atoms with Crippen LogP contribution in [0.4, 0.5) is 5.69 Å². The predicted octanol–water partition coefficient (Wildman–Crippen LogP) is 2.66. The summed E-state index contributed by atoms with van der Waals surface area (Å²) >= 11 is 3.32. The van der Waals surface area contributed by atoms with Crippen molar-refractivity contribution in [3.8, 4) is 0 Å². The van der Waals surface area contributed by atoms with E-state index in [0.717, 1.165) is 29.4 Å². The lowest BCUT2D eigenvalue weighted by Crippen LogP contribution is -2.33. The number of hydrogen-bond acceptors (Lipinski definition) is 3. The number of nitrogens with one attached hydrogen (secondary N) is 1. The molecule has 0 aliphatic carbocycles. The zero-order chi connectivity index (χ0) is 12.3. The van der Waals surface area contributed by atoms with E-state index in [9.17, 15) is 4.79 Å². The largest absolute Gasteiger partial charge is 0.368 e. The summed E-state index contributed by atoms with van der Waals surface area (Å²) in [5.74, 6) is -0.0757. The van der Waals surface area contributed by atoms with E-state index in [1.54, 1.807) is 6.20 Å². The lowest BCUT2D eigenvalue weighted by molar-refractivity contribution is -0.129. The van der Waals surface area contributed by atoms with E-state index in [4.69, 9.17) is 4.74 Å². The summed E-state index contributed by atoms with van der Waals surface area (Å²) in [6, 6.07) is 1.89. The number of rotatable bonds is 2. The van der Waals surface area contributed by atoms with Crippen molar-refractivity contribution in [2.45, 2.75) is 32.3 Å². The number of aryl methyl sites for hydroxylation is 1. The van der Waals surface area contributed by atoms with Gasteiger partial charge in [-0.3, -0.25) is 4.79 Å². The first-order valence-electron chi connectivity index (χ1n) is 5.71. The number of pyridine rings is 1. The first-order valence-corrected chi connectivity index (χ1v) is 6.51. The molecule has 0 radical (unpaired) electrons. The Bertz CT molecular complexity index is 417. The lowest BCUT2D eigenvalue weighted by atomic mass is 10.1. The summed E-state index contributed by atoms with van der Waals surface area (Å²) in [5, 5.41) is 2.83. The molecular weight excluding hydrogens is 284 g/mol. The van der Waals surface area contributed by atoms with Crippen LogP contribution in [0, 0.1) is 6.92 Å². The van der Waals surface area contributed by atoms with Crippen LogP contribution in [0.15, 0.2) is 16.9 Å². The van der Waals surface area contributed by atoms with E-state index in [-0.39, 0.29) is 12.0 Å². The van der Waals surface area contributed by atoms with Crippen molar-refractivity contribution in [2.24, 2.45) is 0 Å². The van der Waals surface area contributed by atoms with E-state index >= 15 is 0 Å². The minimum atomic E-state index is -0.312. The predicted molar refractivity (Wildman–Crippen MR) is 68.9 cm³/mol. The van der Waals surface area contributed by atoms with E-state index in [0.29, 0.717) is 12.3 Å². The van der Waals surface area contributed by atoms with Gasteiger partial charge in [-0.05, 0) is 53.7 Å². The summed E-state index contributed by atoms with van der Waals surface area (Å²) in [7, 11) is 0. The van der Waals surface area contributed by atoms with Crippen LogP contribution < -0.4 is 5.32 Å². The molecule has 0 aromatic carbocycles. The fourth-order valence-electron chi connectivity index (χ4n) is 1.80. The lowest BCUT2D eigenvalue weighted by Gasteiger charge is -2.21. The standard InChI is InChI=1S/C12H15BrN2O2/c1-8-6-9(7-14-11(8)13)15-12(16)10-4-2-3-5-17-10/h6-7,10H,2-5H2,1H3,(H,15,16). The third-order valence-electron chi connectivity index (χ3n) is 2.75. The maximum Gasteiger partial charge on any atom is 0.253 e. The molecule has 1 aliphatic heterocycles. The van der Waals surface area contributed by atoms with E-state index in [1.165, 1.54) is 0 Å². The molecule has 1 amide bonds. The number of anilines is 1. The minimum absolute atomic E-state index is 0.0757. The summed E-state index contributed by atoms with van der Waals surface area (Å²) in [6.07, 6.45) is 4.22. The number of aromatic nitrogens is 1. The molecule has 17 heavy (non-hydrogen) atoms. The molecule has 1 saturated heterocycles. The van der Waals surface area contributed by atoms with Crippen LogP contribution in [-0.2, 0) is 9.53 Å². The summed E-state index contributed by atoms with van der Waals surface area (Å²) in [5.41, 5.74) is 1.71. The fraction of sp³-hybridized carbons (Fsp3) is 0.500. The maximum absolute atomic E-state index is 11.9. The summed E-state index contributed by atoms with van der Waals surface area (Å²) < 4.78 is 6.22. The van der Waals surface area contributed by atoms with E-state index in [2.05, 4.69) is 26.2 Å². The van der Waals surface area contributed by atoms with Crippen molar-refractivity contribution >= 4 is 27.5 Å². The maximum atomic E-state index is 11.9. The molecule has 1 unspecified atom stereocenters. The fourth-order valence-corrected chi connectivity index (χ4v) is 2.01. The van der Waals surface area contributed by atoms with Crippen LogP contribution in [0.5, 0.6) is 0 Å². The molecule has 1 atom stereocenters. The Morgan fingerprint density at radius 2 is 2.41 bits per heavy atom. The third kappa shape index (κ3) is 3.26. The molecule has 0 spiro atoms. The molecule has 92 valence electrons. The normalized spacial score (nSPS) is 20.0. The first kappa shape index (κ1) is 12.5. The minimum Gasteiger partial charge on any atom is -0.368 e. The molecule has 4 nitrogen and oxygen atoms in total. The molecule has 1 N–H and O–H groups in total. The number of carbonyl (C=O) groups excluding carboxylic acids is 1. The number of amides is 1. The van der Waals surface area contributed by atoms with Crippen molar-refractivity contribution < 1.29 is 9.53 Å². The Morgan fingerprint density at radius 3 is 3.06 bits per heavy atom. The second-order valence-electron chi connectivity index (χ2n) is 4.18. The smallest absolute Gasteiger partial charge is 0.253 e. The molecule has 0 saturated carbocycles. The van der Waals surface area contributed by atoms with Crippen LogP contribution in [-0.4, -0.2) is 23.6 Å². The van der Waals surface area contributed by atoms with Crippen molar-refractivity contribution in [3.63, 3.8) is 0 Å². The average molecular weight is 299 g/mol. The van der Waals surface area contributed by atoms with Gasteiger partial charge in [0.15, 0.2) is 0 Å². The molecule has 1 aliphatic rings. The highest BCUT2D eigenvalue weighted by molar-refractivity contribution is 9.10. The first-order chi connectivity index (χ1) is 8.16. The molecule has 5 heteroatoms. The van der Waals surface area contributed by atoms with Crippen molar-refractivity contribution in [1.29, 1.82) is 0 Å². The summed E-state index contributed by atoms with van der Waals surface area (Å²) in [4.78, 5) is 16.0. The molecule has 1 aromatic heterocycles. The monoisotopic (exact) mass is 298 g/mol. The van der Waals surface area contributed by atoms with Crippen LogP contribution in [0.2, 0.25) is 0 Å². The topological polar surface area (TPSA) is 51.2 Å². The zero-order valence-electron chi connectivity index (χ0n) is 9.70. The van der Waals surface area contributed by atoms with Gasteiger partial charge < -0.3 is 10.1 Å². The molecule has 2 heterocycles. The quantitative estimate of drug-likeness (QED) is 0.854. The highest BCUT2D eigenvalue weighted by Gasteiger charge is 2.21. The van der Waals surface area contributed by atoms with Crippen molar-refractivity contribution in [3.05, 3.63) is 22.4 Å². The number of halogens is 1. The van der Waals surface area contributed by atoms with Gasteiger partial charge in [0.05, 0.1) is 11.9 Å². The number of nitrogens with zero attached hydrogens (tertiary/aromatic N) is 1. The molecule has 1 aromatic rings. The number of ether oxygens (including phenoxy) is 1. The zero-order valence-corrected chi connectivity index (χ0v) is 11.3. The van der Waals surface area contributed by atoms with Crippen molar-refractivity contribution in [1.82, 2.24) is 4.98 Å². The number of hydrogen-bond donors (Lipinski definition) is 1. The van der Waals surface area contributed by atoms with Gasteiger partial charge in [0.1, 0.15) is 10.7 Å². The Balaban J connectivity index is 1.99. The average Bonchev–Trinajstić information content (AvgIpc) is 2.35. The van der Waals surface area contributed by atoms with Gasteiger partial charge in [-0.15, -0.1) is 0 Å². The highest BCUT2D eigenvalue weighted by atomic mass is 79.9.